The average molecular weight is 375 g/mol. The molecule has 1 aliphatic rings. The van der Waals surface area contributed by atoms with Gasteiger partial charge in [0.15, 0.2) is 11.0 Å². The molecule has 1 saturated heterocycles. The van der Waals surface area contributed by atoms with Crippen molar-refractivity contribution in [2.75, 3.05) is 18.8 Å². The second-order valence-electron chi connectivity index (χ2n) is 6.67. The number of aryl methyl sites for hydroxylation is 1. The lowest BCUT2D eigenvalue weighted by atomic mass is 10.1. The molecule has 1 amide bonds. The topological polar surface area (TPSA) is 60.3 Å². The van der Waals surface area contributed by atoms with E-state index in [0.29, 0.717) is 12.4 Å². The van der Waals surface area contributed by atoms with Crippen molar-refractivity contribution in [1.29, 1.82) is 0 Å². The maximum absolute atomic E-state index is 12.3. The molecular formula is C19H26N4O2S. The van der Waals surface area contributed by atoms with Crippen LogP contribution in [-0.4, -0.2) is 44.4 Å². The Morgan fingerprint density at radius 2 is 1.96 bits per heavy atom. The molecule has 2 aromatic rings. The number of ether oxygens (including phenoxy) is 1. The molecule has 140 valence electrons. The summed E-state index contributed by atoms with van der Waals surface area (Å²) in [5.41, 5.74) is 2.34. The first-order valence-electron chi connectivity index (χ1n) is 9.04. The molecule has 26 heavy (non-hydrogen) atoms. The second-order valence-corrected chi connectivity index (χ2v) is 7.62. The zero-order valence-electron chi connectivity index (χ0n) is 15.7. The molecule has 0 saturated carbocycles. The predicted molar refractivity (Wildman–Crippen MR) is 102 cm³/mol. The van der Waals surface area contributed by atoms with E-state index in [-0.39, 0.29) is 5.91 Å². The summed E-state index contributed by atoms with van der Waals surface area (Å²) in [6.07, 6.45) is 3.45. The molecule has 1 aliphatic heterocycles. The first kappa shape index (κ1) is 18.8. The predicted octanol–water partition coefficient (Wildman–Crippen LogP) is 3.12. The van der Waals surface area contributed by atoms with Gasteiger partial charge >= 0.3 is 0 Å². The van der Waals surface area contributed by atoms with E-state index >= 15 is 0 Å². The van der Waals surface area contributed by atoms with Crippen molar-refractivity contribution in [3.05, 3.63) is 35.2 Å². The van der Waals surface area contributed by atoms with Crippen LogP contribution in [0.4, 0.5) is 0 Å². The minimum Gasteiger partial charge on any atom is -0.485 e. The summed E-state index contributed by atoms with van der Waals surface area (Å²) >= 11 is 1.44. The lowest BCUT2D eigenvalue weighted by molar-refractivity contribution is -0.129. The lowest BCUT2D eigenvalue weighted by Crippen LogP contribution is -2.36. The van der Waals surface area contributed by atoms with Gasteiger partial charge in [-0.2, -0.15) is 0 Å². The van der Waals surface area contributed by atoms with Crippen LogP contribution in [0.15, 0.2) is 23.4 Å². The molecule has 2 heterocycles. The van der Waals surface area contributed by atoms with Crippen LogP contribution in [0, 0.1) is 13.8 Å². The highest BCUT2D eigenvalue weighted by molar-refractivity contribution is 7.99. The van der Waals surface area contributed by atoms with E-state index in [9.17, 15) is 4.79 Å². The van der Waals surface area contributed by atoms with Crippen LogP contribution in [0.3, 0.4) is 0 Å². The molecule has 0 unspecified atom stereocenters. The number of carbonyl (C=O) groups excluding carboxylic acids is 1. The lowest BCUT2D eigenvalue weighted by Gasteiger charge is -2.26. The molecule has 0 radical (unpaired) electrons. The van der Waals surface area contributed by atoms with Crippen molar-refractivity contribution < 1.29 is 9.53 Å². The van der Waals surface area contributed by atoms with Gasteiger partial charge in [0.25, 0.3) is 0 Å². The van der Waals surface area contributed by atoms with E-state index in [2.05, 4.69) is 30.1 Å². The summed E-state index contributed by atoms with van der Waals surface area (Å²) in [5.74, 6) is 2.20. The third-order valence-electron chi connectivity index (χ3n) is 4.87. The summed E-state index contributed by atoms with van der Waals surface area (Å²) in [6, 6.07) is 6.02. The molecule has 0 aliphatic carbocycles. The van der Waals surface area contributed by atoms with Gasteiger partial charge in [0.05, 0.1) is 5.75 Å². The number of carbonyl (C=O) groups is 1. The van der Waals surface area contributed by atoms with Crippen molar-refractivity contribution in [3.63, 3.8) is 0 Å². The van der Waals surface area contributed by atoms with Crippen molar-refractivity contribution in [2.24, 2.45) is 7.05 Å². The molecule has 1 aromatic carbocycles. The Bertz CT molecular complexity index is 769. The van der Waals surface area contributed by atoms with E-state index in [1.165, 1.54) is 23.7 Å². The van der Waals surface area contributed by atoms with Crippen molar-refractivity contribution in [1.82, 2.24) is 19.7 Å². The fraction of sp³-hybridized carbons (Fsp3) is 0.526. The first-order valence-corrected chi connectivity index (χ1v) is 10.0. The molecule has 7 heteroatoms. The zero-order chi connectivity index (χ0) is 18.5. The van der Waals surface area contributed by atoms with Gasteiger partial charge in [0, 0.05) is 20.1 Å². The summed E-state index contributed by atoms with van der Waals surface area (Å²) < 4.78 is 7.81. The quantitative estimate of drug-likeness (QED) is 0.727. The molecule has 1 aromatic heterocycles. The van der Waals surface area contributed by atoms with Crippen LogP contribution < -0.4 is 4.74 Å². The highest BCUT2D eigenvalue weighted by Gasteiger charge is 2.18. The molecule has 0 N–H and O–H groups in total. The monoisotopic (exact) mass is 374 g/mol. The maximum Gasteiger partial charge on any atom is 0.233 e. The minimum atomic E-state index is 0.186. The van der Waals surface area contributed by atoms with E-state index < -0.39 is 0 Å². The Morgan fingerprint density at radius 1 is 1.19 bits per heavy atom. The number of aromatic nitrogens is 3. The van der Waals surface area contributed by atoms with Gasteiger partial charge in [-0.25, -0.2) is 0 Å². The molecule has 0 spiro atoms. The Morgan fingerprint density at radius 3 is 2.73 bits per heavy atom. The normalized spacial score (nSPS) is 14.5. The van der Waals surface area contributed by atoms with Crippen molar-refractivity contribution in [3.8, 4) is 5.75 Å². The molecule has 0 bridgehead atoms. The Balaban J connectivity index is 1.55. The Kier molecular flexibility index (Phi) is 6.19. The summed E-state index contributed by atoms with van der Waals surface area (Å²) in [4.78, 5) is 14.2. The number of piperidine rings is 1. The third-order valence-corrected chi connectivity index (χ3v) is 5.88. The van der Waals surface area contributed by atoms with Gasteiger partial charge in [0.1, 0.15) is 12.4 Å². The van der Waals surface area contributed by atoms with Gasteiger partial charge in [-0.15, -0.1) is 10.2 Å². The highest BCUT2D eigenvalue weighted by Crippen LogP contribution is 2.22. The second kappa shape index (κ2) is 8.58. The molecule has 0 atom stereocenters. The SMILES string of the molecule is Cc1cccc(OCc2nnc(SCC(=O)N3CCCCC3)n2C)c1C. The Labute approximate surface area is 158 Å². The van der Waals surface area contributed by atoms with E-state index in [1.54, 1.807) is 0 Å². The van der Waals surface area contributed by atoms with Crippen LogP contribution >= 0.6 is 11.8 Å². The molecule has 3 rings (SSSR count). The largest absolute Gasteiger partial charge is 0.485 e. The van der Waals surface area contributed by atoms with Crippen LogP contribution in [0.1, 0.15) is 36.2 Å². The van der Waals surface area contributed by atoms with Crippen LogP contribution in [0.2, 0.25) is 0 Å². The van der Waals surface area contributed by atoms with Crippen LogP contribution in [-0.2, 0) is 18.4 Å². The fourth-order valence-electron chi connectivity index (χ4n) is 2.98. The van der Waals surface area contributed by atoms with Crippen molar-refractivity contribution in [2.45, 2.75) is 44.9 Å². The number of rotatable bonds is 6. The van der Waals surface area contributed by atoms with Gasteiger partial charge in [-0.05, 0) is 50.3 Å². The highest BCUT2D eigenvalue weighted by atomic mass is 32.2. The summed E-state index contributed by atoms with van der Waals surface area (Å²) in [6.45, 7) is 6.24. The minimum absolute atomic E-state index is 0.186. The fourth-order valence-corrected chi connectivity index (χ4v) is 3.81. The Hall–Kier alpha value is -2.02. The zero-order valence-corrected chi connectivity index (χ0v) is 16.5. The molecule has 6 nitrogen and oxygen atoms in total. The number of likely N-dealkylation sites (tertiary alicyclic amines) is 1. The first-order chi connectivity index (χ1) is 12.6. The van der Waals surface area contributed by atoms with E-state index in [4.69, 9.17) is 4.74 Å². The van der Waals surface area contributed by atoms with Gasteiger partial charge in [-0.1, -0.05) is 23.9 Å². The average Bonchev–Trinajstić information content (AvgIpc) is 3.01. The standard InChI is InChI=1S/C19H26N4O2S/c1-14-8-7-9-16(15(14)2)25-12-17-20-21-19(22(17)3)26-13-18(24)23-10-5-4-6-11-23/h7-9H,4-6,10-13H2,1-3H3. The number of nitrogens with zero attached hydrogens (tertiary/aromatic N) is 4. The number of hydrogen-bond acceptors (Lipinski definition) is 5. The number of benzene rings is 1. The smallest absolute Gasteiger partial charge is 0.233 e. The van der Waals surface area contributed by atoms with Gasteiger partial charge < -0.3 is 14.2 Å². The van der Waals surface area contributed by atoms with Crippen LogP contribution in [0.25, 0.3) is 0 Å². The summed E-state index contributed by atoms with van der Waals surface area (Å²) in [5, 5.41) is 9.17. The number of hydrogen-bond donors (Lipinski definition) is 0. The molecule has 1 fully saturated rings. The number of amides is 1. The maximum atomic E-state index is 12.3. The van der Waals surface area contributed by atoms with E-state index in [0.717, 1.165) is 48.2 Å². The van der Waals surface area contributed by atoms with Crippen molar-refractivity contribution >= 4 is 17.7 Å². The van der Waals surface area contributed by atoms with E-state index in [1.807, 2.05) is 28.6 Å². The number of thioether (sulfide) groups is 1. The molecular weight excluding hydrogens is 348 g/mol. The van der Waals surface area contributed by atoms with Gasteiger partial charge in [-0.3, -0.25) is 4.79 Å². The third kappa shape index (κ3) is 4.38. The van der Waals surface area contributed by atoms with Gasteiger partial charge in [0.2, 0.25) is 5.91 Å². The van der Waals surface area contributed by atoms with Crippen LogP contribution in [0.5, 0.6) is 5.75 Å². The summed E-state index contributed by atoms with van der Waals surface area (Å²) in [7, 11) is 1.91.